The van der Waals surface area contributed by atoms with Crippen LogP contribution in [0.1, 0.15) is 26.2 Å². The van der Waals surface area contributed by atoms with Crippen molar-refractivity contribution in [1.29, 1.82) is 0 Å². The molecule has 2 N–H and O–H groups in total. The van der Waals surface area contributed by atoms with Crippen molar-refractivity contribution in [3.8, 4) is 0 Å². The fraction of sp³-hybridized carbons (Fsp3) is 0.778. The molecule has 0 aromatic heterocycles. The molecular formula is C9H19NO. The molecule has 2 nitrogen and oxygen atoms in total. The maximum atomic E-state index is 5.74. The highest BCUT2D eigenvalue weighted by Gasteiger charge is 1.98. The van der Waals surface area contributed by atoms with Gasteiger partial charge >= 0.3 is 0 Å². The summed E-state index contributed by atoms with van der Waals surface area (Å²) in [5.74, 6) is 0. The average molecular weight is 157 g/mol. The Bertz CT molecular complexity index is 93.6. The number of nitrogens with two attached hydrogens (primary N) is 1. The summed E-state index contributed by atoms with van der Waals surface area (Å²) in [6.07, 6.45) is 4.87. The standard InChI is InChI=1S/C9H19NO/c1-3-6-9(10)7-5-8-11-4-2/h3,9H,1,4-8,10H2,2H3. The van der Waals surface area contributed by atoms with Gasteiger partial charge in [0.15, 0.2) is 0 Å². The quantitative estimate of drug-likeness (QED) is 0.451. The Morgan fingerprint density at radius 1 is 1.64 bits per heavy atom. The van der Waals surface area contributed by atoms with Crippen molar-refractivity contribution >= 4 is 0 Å². The Hall–Kier alpha value is -0.340. The van der Waals surface area contributed by atoms with Crippen LogP contribution in [0.2, 0.25) is 0 Å². The zero-order valence-corrected chi connectivity index (χ0v) is 7.38. The summed E-state index contributed by atoms with van der Waals surface area (Å²) in [4.78, 5) is 0. The van der Waals surface area contributed by atoms with E-state index < -0.39 is 0 Å². The van der Waals surface area contributed by atoms with Crippen molar-refractivity contribution in [1.82, 2.24) is 0 Å². The molecule has 1 atom stereocenters. The predicted molar refractivity (Wildman–Crippen MR) is 48.5 cm³/mol. The van der Waals surface area contributed by atoms with Crippen LogP contribution in [0.3, 0.4) is 0 Å². The molecule has 0 aromatic rings. The highest BCUT2D eigenvalue weighted by atomic mass is 16.5. The molecule has 2 heteroatoms. The third-order valence-electron chi connectivity index (χ3n) is 1.54. The van der Waals surface area contributed by atoms with Crippen LogP contribution in [0.5, 0.6) is 0 Å². The minimum Gasteiger partial charge on any atom is -0.382 e. The van der Waals surface area contributed by atoms with Gasteiger partial charge in [0, 0.05) is 19.3 Å². The van der Waals surface area contributed by atoms with E-state index in [-0.39, 0.29) is 6.04 Å². The molecule has 0 spiro atoms. The number of hydrogen-bond donors (Lipinski definition) is 1. The molecule has 0 heterocycles. The van der Waals surface area contributed by atoms with Gasteiger partial charge in [0.2, 0.25) is 0 Å². The molecule has 0 amide bonds. The van der Waals surface area contributed by atoms with E-state index in [0.717, 1.165) is 32.5 Å². The highest BCUT2D eigenvalue weighted by Crippen LogP contribution is 1.99. The lowest BCUT2D eigenvalue weighted by Gasteiger charge is -2.07. The second-order valence-corrected chi connectivity index (χ2v) is 2.62. The van der Waals surface area contributed by atoms with Gasteiger partial charge in [-0.15, -0.1) is 6.58 Å². The molecule has 0 rings (SSSR count). The van der Waals surface area contributed by atoms with E-state index in [1.807, 2.05) is 13.0 Å². The fourth-order valence-corrected chi connectivity index (χ4v) is 0.924. The SMILES string of the molecule is C=CCC(N)CCCOCC. The third-order valence-corrected chi connectivity index (χ3v) is 1.54. The molecule has 0 aromatic carbocycles. The Kier molecular flexibility index (Phi) is 7.52. The normalized spacial score (nSPS) is 12.9. The molecule has 0 aliphatic rings. The van der Waals surface area contributed by atoms with E-state index in [1.54, 1.807) is 0 Å². The summed E-state index contributed by atoms with van der Waals surface area (Å²) in [7, 11) is 0. The zero-order valence-electron chi connectivity index (χ0n) is 7.38. The van der Waals surface area contributed by atoms with Crippen LogP contribution in [-0.2, 0) is 4.74 Å². The van der Waals surface area contributed by atoms with Gasteiger partial charge in [0.25, 0.3) is 0 Å². The fourth-order valence-electron chi connectivity index (χ4n) is 0.924. The van der Waals surface area contributed by atoms with Crippen LogP contribution in [0, 0.1) is 0 Å². The number of rotatable bonds is 7. The maximum Gasteiger partial charge on any atom is 0.0466 e. The number of hydrogen-bond acceptors (Lipinski definition) is 2. The summed E-state index contributed by atoms with van der Waals surface area (Å²) in [6.45, 7) is 7.27. The second kappa shape index (κ2) is 7.76. The molecule has 0 fully saturated rings. The summed E-state index contributed by atoms with van der Waals surface area (Å²) in [6, 6.07) is 0.271. The van der Waals surface area contributed by atoms with Gasteiger partial charge < -0.3 is 10.5 Å². The van der Waals surface area contributed by atoms with Crippen LogP contribution >= 0.6 is 0 Å². The van der Waals surface area contributed by atoms with E-state index in [0.29, 0.717) is 0 Å². The van der Waals surface area contributed by atoms with Crippen LogP contribution in [0.25, 0.3) is 0 Å². The smallest absolute Gasteiger partial charge is 0.0466 e. The topological polar surface area (TPSA) is 35.2 Å². The molecule has 0 bridgehead atoms. The van der Waals surface area contributed by atoms with Gasteiger partial charge in [-0.25, -0.2) is 0 Å². The molecular weight excluding hydrogens is 138 g/mol. The van der Waals surface area contributed by atoms with Crippen LogP contribution in [-0.4, -0.2) is 19.3 Å². The summed E-state index contributed by atoms with van der Waals surface area (Å²) >= 11 is 0. The van der Waals surface area contributed by atoms with Gasteiger partial charge in [-0.1, -0.05) is 6.08 Å². The Morgan fingerprint density at radius 3 is 2.91 bits per heavy atom. The molecule has 0 saturated heterocycles. The molecule has 0 saturated carbocycles. The van der Waals surface area contributed by atoms with Crippen molar-refractivity contribution in [2.75, 3.05) is 13.2 Å². The number of ether oxygens (including phenoxy) is 1. The molecule has 11 heavy (non-hydrogen) atoms. The highest BCUT2D eigenvalue weighted by molar-refractivity contribution is 4.74. The molecule has 0 aliphatic heterocycles. The molecule has 66 valence electrons. The van der Waals surface area contributed by atoms with Gasteiger partial charge in [-0.2, -0.15) is 0 Å². The Labute approximate surface area is 69.4 Å². The van der Waals surface area contributed by atoms with Crippen LogP contribution in [0.4, 0.5) is 0 Å². The first-order valence-electron chi connectivity index (χ1n) is 4.25. The Balaban J connectivity index is 3.03. The Morgan fingerprint density at radius 2 is 2.36 bits per heavy atom. The minimum atomic E-state index is 0.271. The van der Waals surface area contributed by atoms with Gasteiger partial charge in [-0.05, 0) is 26.2 Å². The maximum absolute atomic E-state index is 5.74. The lowest BCUT2D eigenvalue weighted by Crippen LogP contribution is -2.19. The van der Waals surface area contributed by atoms with Gasteiger partial charge in [0.05, 0.1) is 0 Å². The summed E-state index contributed by atoms with van der Waals surface area (Å²) in [5.41, 5.74) is 5.74. The molecule has 1 unspecified atom stereocenters. The van der Waals surface area contributed by atoms with Crippen LogP contribution < -0.4 is 5.73 Å². The van der Waals surface area contributed by atoms with Gasteiger partial charge in [-0.3, -0.25) is 0 Å². The molecule has 0 radical (unpaired) electrons. The van der Waals surface area contributed by atoms with Gasteiger partial charge in [0.1, 0.15) is 0 Å². The lowest BCUT2D eigenvalue weighted by atomic mass is 10.1. The van der Waals surface area contributed by atoms with E-state index in [1.165, 1.54) is 0 Å². The van der Waals surface area contributed by atoms with Crippen LogP contribution in [0.15, 0.2) is 12.7 Å². The lowest BCUT2D eigenvalue weighted by molar-refractivity contribution is 0.142. The average Bonchev–Trinajstić information content (AvgIpc) is 1.99. The van der Waals surface area contributed by atoms with E-state index >= 15 is 0 Å². The zero-order chi connectivity index (χ0) is 8.53. The largest absolute Gasteiger partial charge is 0.382 e. The summed E-state index contributed by atoms with van der Waals surface area (Å²) in [5, 5.41) is 0. The first kappa shape index (κ1) is 10.7. The van der Waals surface area contributed by atoms with Crippen molar-refractivity contribution in [3.05, 3.63) is 12.7 Å². The third kappa shape index (κ3) is 7.56. The monoisotopic (exact) mass is 157 g/mol. The van der Waals surface area contributed by atoms with Crippen molar-refractivity contribution in [2.24, 2.45) is 5.73 Å². The van der Waals surface area contributed by atoms with Crippen molar-refractivity contribution < 1.29 is 4.74 Å². The first-order valence-corrected chi connectivity index (χ1v) is 4.25. The summed E-state index contributed by atoms with van der Waals surface area (Å²) < 4.78 is 5.18. The second-order valence-electron chi connectivity index (χ2n) is 2.62. The van der Waals surface area contributed by atoms with E-state index in [4.69, 9.17) is 10.5 Å². The van der Waals surface area contributed by atoms with Crippen molar-refractivity contribution in [3.63, 3.8) is 0 Å². The predicted octanol–water partition coefficient (Wildman–Crippen LogP) is 1.71. The first-order chi connectivity index (χ1) is 5.31. The van der Waals surface area contributed by atoms with Crippen molar-refractivity contribution in [2.45, 2.75) is 32.2 Å². The van der Waals surface area contributed by atoms with E-state index in [2.05, 4.69) is 6.58 Å². The molecule has 0 aliphatic carbocycles. The minimum absolute atomic E-state index is 0.271. The van der Waals surface area contributed by atoms with E-state index in [9.17, 15) is 0 Å².